The van der Waals surface area contributed by atoms with E-state index in [4.69, 9.17) is 4.98 Å². The Kier molecular flexibility index (Phi) is 4.80. The minimum atomic E-state index is -0.348. The third-order valence-corrected chi connectivity index (χ3v) is 5.15. The Morgan fingerprint density at radius 3 is 2.40 bits per heavy atom. The molecule has 4 aromatic rings. The fraction of sp³-hybridized carbons (Fsp3) is 0.227. The molecule has 0 bridgehead atoms. The van der Waals surface area contributed by atoms with Crippen LogP contribution in [0.1, 0.15) is 28.9 Å². The van der Waals surface area contributed by atoms with Crippen molar-refractivity contribution in [2.45, 2.75) is 19.4 Å². The van der Waals surface area contributed by atoms with Crippen LogP contribution in [0.3, 0.4) is 0 Å². The third-order valence-electron chi connectivity index (χ3n) is 5.15. The summed E-state index contributed by atoms with van der Waals surface area (Å²) in [5.74, 6) is 0.814. The number of para-hydroxylation sites is 2. The van der Waals surface area contributed by atoms with Crippen molar-refractivity contribution in [1.29, 1.82) is 0 Å². The Balaban J connectivity index is 1.41. The highest BCUT2D eigenvalue weighted by Gasteiger charge is 2.22. The van der Waals surface area contributed by atoms with Gasteiger partial charge in [-0.2, -0.15) is 0 Å². The number of carbonyl (C=O) groups excluding carboxylic acids is 1. The molecule has 0 saturated carbocycles. The number of nitrogens with zero attached hydrogens (tertiary/aromatic N) is 6. The van der Waals surface area contributed by atoms with E-state index in [2.05, 4.69) is 25.5 Å². The van der Waals surface area contributed by atoms with E-state index in [1.807, 2.05) is 54.6 Å². The number of anilines is 2. The smallest absolute Gasteiger partial charge is 0.279 e. The van der Waals surface area contributed by atoms with Crippen molar-refractivity contribution in [2.24, 2.45) is 0 Å². The predicted molar refractivity (Wildman–Crippen MR) is 115 cm³/mol. The average molecular weight is 399 g/mol. The van der Waals surface area contributed by atoms with Crippen molar-refractivity contribution >= 4 is 28.6 Å². The summed E-state index contributed by atoms with van der Waals surface area (Å²) in [6, 6.07) is 17.6. The summed E-state index contributed by atoms with van der Waals surface area (Å²) in [6.07, 6.45) is 3.86. The first kappa shape index (κ1) is 18.2. The van der Waals surface area contributed by atoms with Crippen LogP contribution in [0.4, 0.5) is 11.6 Å². The Labute approximate surface area is 173 Å². The zero-order valence-electron chi connectivity index (χ0n) is 16.4. The van der Waals surface area contributed by atoms with E-state index >= 15 is 0 Å². The van der Waals surface area contributed by atoms with Crippen molar-refractivity contribution in [3.8, 4) is 0 Å². The Hall–Kier alpha value is -3.81. The number of hydrogen-bond acceptors (Lipinski definition) is 6. The van der Waals surface area contributed by atoms with Crippen LogP contribution < -0.4 is 10.2 Å². The van der Waals surface area contributed by atoms with Gasteiger partial charge in [0.25, 0.3) is 5.91 Å². The fourth-order valence-electron chi connectivity index (χ4n) is 3.65. The molecule has 1 aliphatic heterocycles. The molecule has 150 valence electrons. The highest BCUT2D eigenvalue weighted by Crippen LogP contribution is 2.28. The zero-order valence-corrected chi connectivity index (χ0v) is 16.4. The third kappa shape index (κ3) is 3.71. The standard InChI is InChI=1S/C22H21N7O/c30-22(19-15-29(27-26-19)14-16-8-2-1-3-9-16)25-20-21(28-12-6-7-13-28)24-18-11-5-4-10-17(18)23-20/h1-5,8-11,15H,6-7,12-14H2,(H,23,25,30). The number of hydrogen-bond donors (Lipinski definition) is 1. The SMILES string of the molecule is O=C(Nc1nc2ccccc2nc1N1CCCC1)c1cn(Cc2ccccc2)nn1. The van der Waals surface area contributed by atoms with Gasteiger partial charge in [0.1, 0.15) is 0 Å². The van der Waals surface area contributed by atoms with Gasteiger partial charge in [0.2, 0.25) is 0 Å². The van der Waals surface area contributed by atoms with Gasteiger partial charge in [-0.05, 0) is 30.5 Å². The molecule has 1 aliphatic rings. The van der Waals surface area contributed by atoms with Gasteiger partial charge in [-0.25, -0.2) is 14.6 Å². The molecule has 3 heterocycles. The molecule has 2 aromatic carbocycles. The van der Waals surface area contributed by atoms with Gasteiger partial charge in [-0.1, -0.05) is 47.7 Å². The summed E-state index contributed by atoms with van der Waals surface area (Å²) >= 11 is 0. The number of benzene rings is 2. The maximum Gasteiger partial charge on any atom is 0.279 e. The zero-order chi connectivity index (χ0) is 20.3. The van der Waals surface area contributed by atoms with Crippen LogP contribution >= 0.6 is 0 Å². The van der Waals surface area contributed by atoms with Crippen molar-refractivity contribution in [1.82, 2.24) is 25.0 Å². The van der Waals surface area contributed by atoms with Crippen molar-refractivity contribution in [3.63, 3.8) is 0 Å². The first-order valence-corrected chi connectivity index (χ1v) is 10.0. The second kappa shape index (κ2) is 7.90. The number of nitrogens with one attached hydrogen (secondary N) is 1. The van der Waals surface area contributed by atoms with Crippen molar-refractivity contribution in [2.75, 3.05) is 23.3 Å². The Morgan fingerprint density at radius 2 is 1.63 bits per heavy atom. The summed E-state index contributed by atoms with van der Waals surface area (Å²) in [5.41, 5.74) is 2.88. The summed E-state index contributed by atoms with van der Waals surface area (Å²) in [5, 5.41) is 11.0. The second-order valence-corrected chi connectivity index (χ2v) is 7.32. The molecule has 1 saturated heterocycles. The molecule has 1 fully saturated rings. The van der Waals surface area contributed by atoms with Gasteiger partial charge in [-0.3, -0.25) is 4.79 Å². The summed E-state index contributed by atoms with van der Waals surface area (Å²) in [6.45, 7) is 2.36. The highest BCUT2D eigenvalue weighted by molar-refractivity contribution is 6.04. The molecule has 8 heteroatoms. The molecule has 0 unspecified atom stereocenters. The molecular formula is C22H21N7O. The number of aromatic nitrogens is 5. The first-order valence-electron chi connectivity index (χ1n) is 10.0. The number of fused-ring (bicyclic) bond motifs is 1. The van der Waals surface area contributed by atoms with Gasteiger partial charge in [0.15, 0.2) is 17.3 Å². The van der Waals surface area contributed by atoms with Crippen LogP contribution in [0.5, 0.6) is 0 Å². The lowest BCUT2D eigenvalue weighted by Crippen LogP contribution is -2.23. The van der Waals surface area contributed by atoms with E-state index in [-0.39, 0.29) is 11.6 Å². The van der Waals surface area contributed by atoms with Crippen LogP contribution in [-0.2, 0) is 6.54 Å². The van der Waals surface area contributed by atoms with E-state index in [0.29, 0.717) is 18.2 Å². The van der Waals surface area contributed by atoms with Crippen molar-refractivity contribution < 1.29 is 4.79 Å². The molecule has 8 nitrogen and oxygen atoms in total. The van der Waals surface area contributed by atoms with Crippen LogP contribution in [0, 0.1) is 0 Å². The van der Waals surface area contributed by atoms with E-state index < -0.39 is 0 Å². The van der Waals surface area contributed by atoms with Crippen LogP contribution in [0.15, 0.2) is 60.8 Å². The minimum Gasteiger partial charge on any atom is -0.354 e. The van der Waals surface area contributed by atoms with Gasteiger partial charge in [0.05, 0.1) is 23.8 Å². The molecule has 5 rings (SSSR count). The number of rotatable bonds is 5. The van der Waals surface area contributed by atoms with Crippen LogP contribution in [-0.4, -0.2) is 44.0 Å². The molecule has 1 amide bonds. The minimum absolute atomic E-state index is 0.244. The maximum atomic E-state index is 12.9. The molecule has 30 heavy (non-hydrogen) atoms. The fourth-order valence-corrected chi connectivity index (χ4v) is 3.65. The molecular weight excluding hydrogens is 378 g/mol. The molecule has 0 spiro atoms. The summed E-state index contributed by atoms with van der Waals surface area (Å²) in [7, 11) is 0. The molecule has 1 N–H and O–H groups in total. The number of amides is 1. The van der Waals surface area contributed by atoms with Gasteiger partial charge >= 0.3 is 0 Å². The lowest BCUT2D eigenvalue weighted by atomic mass is 10.2. The van der Waals surface area contributed by atoms with Gasteiger partial charge in [0, 0.05) is 13.1 Å². The quantitative estimate of drug-likeness (QED) is 0.555. The topological polar surface area (TPSA) is 88.8 Å². The Bertz CT molecular complexity index is 1180. The lowest BCUT2D eigenvalue weighted by Gasteiger charge is -2.19. The normalized spacial score (nSPS) is 13.7. The van der Waals surface area contributed by atoms with Crippen molar-refractivity contribution in [3.05, 3.63) is 72.1 Å². The largest absolute Gasteiger partial charge is 0.354 e. The maximum absolute atomic E-state index is 12.9. The second-order valence-electron chi connectivity index (χ2n) is 7.32. The van der Waals surface area contributed by atoms with E-state index in [1.54, 1.807) is 10.9 Å². The monoisotopic (exact) mass is 399 g/mol. The average Bonchev–Trinajstić information content (AvgIpc) is 3.46. The molecule has 0 radical (unpaired) electrons. The van der Waals surface area contributed by atoms with E-state index in [1.165, 1.54) is 0 Å². The Morgan fingerprint density at radius 1 is 0.933 bits per heavy atom. The summed E-state index contributed by atoms with van der Waals surface area (Å²) in [4.78, 5) is 24.5. The number of carbonyl (C=O) groups is 1. The molecule has 0 aliphatic carbocycles. The van der Waals surface area contributed by atoms with Crippen LogP contribution in [0.25, 0.3) is 11.0 Å². The highest BCUT2D eigenvalue weighted by atomic mass is 16.2. The predicted octanol–water partition coefficient (Wildman–Crippen LogP) is 3.12. The molecule has 2 aromatic heterocycles. The van der Waals surface area contributed by atoms with Gasteiger partial charge in [-0.15, -0.1) is 5.10 Å². The van der Waals surface area contributed by atoms with E-state index in [0.717, 1.165) is 42.5 Å². The molecule has 0 atom stereocenters. The summed E-state index contributed by atoms with van der Waals surface area (Å²) < 4.78 is 1.65. The van der Waals surface area contributed by atoms with Gasteiger partial charge < -0.3 is 10.2 Å². The first-order chi connectivity index (χ1) is 14.8. The lowest BCUT2D eigenvalue weighted by molar-refractivity contribution is 0.102. The van der Waals surface area contributed by atoms with Crippen LogP contribution in [0.2, 0.25) is 0 Å². The van der Waals surface area contributed by atoms with E-state index in [9.17, 15) is 4.79 Å².